The topological polar surface area (TPSA) is 82.8 Å². The number of ether oxygens (including phenoxy) is 1. The number of rotatable bonds is 4. The van der Waals surface area contributed by atoms with Crippen molar-refractivity contribution in [3.63, 3.8) is 0 Å². The minimum atomic E-state index is -4.23. The molecule has 0 amide bonds. The Morgan fingerprint density at radius 2 is 2.04 bits per heavy atom. The summed E-state index contributed by atoms with van der Waals surface area (Å²) < 4.78 is 69.2. The number of nitrogens with zero attached hydrogens (tertiary/aromatic N) is 3. The maximum absolute atomic E-state index is 14.2. The van der Waals surface area contributed by atoms with Crippen LogP contribution in [0, 0.1) is 6.92 Å². The van der Waals surface area contributed by atoms with Gasteiger partial charge in [0, 0.05) is 7.05 Å². The smallest absolute Gasteiger partial charge is 0.388 e. The van der Waals surface area contributed by atoms with E-state index in [0.29, 0.717) is 0 Å². The van der Waals surface area contributed by atoms with E-state index in [0.717, 1.165) is 4.68 Å². The third-order valence-electron chi connectivity index (χ3n) is 3.34. The number of halogens is 3. The van der Waals surface area contributed by atoms with E-state index in [1.54, 1.807) is 0 Å². The molecular weight excluding hydrogens is 339 g/mol. The molecule has 23 heavy (non-hydrogen) atoms. The number of oxime groups is 1. The molecule has 2 heterocycles. The Morgan fingerprint density at radius 1 is 1.43 bits per heavy atom. The van der Waals surface area contributed by atoms with Crippen LogP contribution in [-0.4, -0.2) is 41.6 Å². The van der Waals surface area contributed by atoms with Crippen molar-refractivity contribution in [2.24, 2.45) is 12.2 Å². The molecule has 1 aliphatic rings. The maximum atomic E-state index is 14.2. The van der Waals surface area contributed by atoms with E-state index in [1.807, 2.05) is 0 Å². The van der Waals surface area contributed by atoms with Crippen molar-refractivity contribution in [1.82, 2.24) is 9.78 Å². The molecule has 0 radical (unpaired) electrons. The zero-order valence-electron chi connectivity index (χ0n) is 12.9. The van der Waals surface area contributed by atoms with Crippen LogP contribution in [0.2, 0.25) is 0 Å². The summed E-state index contributed by atoms with van der Waals surface area (Å²) in [7, 11) is -2.90. The maximum Gasteiger partial charge on any atom is 0.388 e. The standard InChI is InChI=1S/C12H16F3N3O4S/c1-6-7(10(18(4)16-6)21-11(14)15)5-23(19,20)9-8(13)12(2,3)22-17-9/h8,11H,5H2,1-4H3. The fourth-order valence-electron chi connectivity index (χ4n) is 2.11. The van der Waals surface area contributed by atoms with Gasteiger partial charge in [-0.15, -0.1) is 0 Å². The zero-order valence-corrected chi connectivity index (χ0v) is 13.7. The monoisotopic (exact) mass is 355 g/mol. The normalized spacial score (nSPS) is 20.5. The van der Waals surface area contributed by atoms with Crippen molar-refractivity contribution in [3.8, 4) is 5.88 Å². The Kier molecular flexibility index (Phi) is 4.35. The summed E-state index contributed by atoms with van der Waals surface area (Å²) in [5.74, 6) is -1.16. The van der Waals surface area contributed by atoms with Crippen molar-refractivity contribution in [3.05, 3.63) is 11.3 Å². The highest BCUT2D eigenvalue weighted by Crippen LogP contribution is 2.32. The van der Waals surface area contributed by atoms with Gasteiger partial charge in [-0.1, -0.05) is 5.16 Å². The Bertz CT molecular complexity index is 743. The highest BCUT2D eigenvalue weighted by atomic mass is 32.2. The van der Waals surface area contributed by atoms with Crippen LogP contribution in [0.25, 0.3) is 0 Å². The zero-order chi connectivity index (χ0) is 17.6. The summed E-state index contributed by atoms with van der Waals surface area (Å²) in [6.45, 7) is 0.994. The number of aryl methyl sites for hydroxylation is 2. The fraction of sp³-hybridized carbons (Fsp3) is 0.667. The van der Waals surface area contributed by atoms with Gasteiger partial charge in [-0.25, -0.2) is 17.5 Å². The van der Waals surface area contributed by atoms with Gasteiger partial charge in [0.1, 0.15) is 0 Å². The average Bonchev–Trinajstić information content (AvgIpc) is 2.80. The van der Waals surface area contributed by atoms with Crippen LogP contribution >= 0.6 is 0 Å². The van der Waals surface area contributed by atoms with Gasteiger partial charge in [-0.3, -0.25) is 0 Å². The molecule has 7 nitrogen and oxygen atoms in total. The predicted octanol–water partition coefficient (Wildman–Crippen LogP) is 1.71. The van der Waals surface area contributed by atoms with E-state index < -0.39 is 44.9 Å². The molecule has 0 bridgehead atoms. The van der Waals surface area contributed by atoms with Crippen molar-refractivity contribution >= 4 is 14.9 Å². The van der Waals surface area contributed by atoms with Gasteiger partial charge in [-0.2, -0.15) is 13.9 Å². The molecule has 0 saturated carbocycles. The van der Waals surface area contributed by atoms with Crippen LogP contribution in [0.3, 0.4) is 0 Å². The van der Waals surface area contributed by atoms with Crippen LogP contribution in [0.5, 0.6) is 5.88 Å². The minimum Gasteiger partial charge on any atom is -0.417 e. The number of sulfone groups is 1. The van der Waals surface area contributed by atoms with Crippen LogP contribution in [-0.2, 0) is 27.5 Å². The molecule has 11 heteroatoms. The number of aromatic nitrogens is 2. The summed E-state index contributed by atoms with van der Waals surface area (Å²) in [5, 5.41) is 6.38. The van der Waals surface area contributed by atoms with Gasteiger partial charge in [0.05, 0.1) is 17.0 Å². The summed E-state index contributed by atoms with van der Waals surface area (Å²) >= 11 is 0. The minimum absolute atomic E-state index is 0.0765. The molecule has 0 saturated heterocycles. The van der Waals surface area contributed by atoms with Crippen LogP contribution in [0.15, 0.2) is 5.16 Å². The summed E-state index contributed by atoms with van der Waals surface area (Å²) in [6, 6.07) is 0. The molecule has 1 aromatic heterocycles. The lowest BCUT2D eigenvalue weighted by molar-refractivity contribution is -0.0558. The average molecular weight is 355 g/mol. The van der Waals surface area contributed by atoms with Crippen LogP contribution in [0.4, 0.5) is 13.2 Å². The summed E-state index contributed by atoms with van der Waals surface area (Å²) in [6.07, 6.45) is -1.95. The second kappa shape index (κ2) is 5.69. The third-order valence-corrected chi connectivity index (χ3v) is 4.93. The van der Waals surface area contributed by atoms with Crippen LogP contribution in [0.1, 0.15) is 25.1 Å². The van der Waals surface area contributed by atoms with E-state index in [1.165, 1.54) is 27.8 Å². The molecule has 1 unspecified atom stereocenters. The number of alkyl halides is 3. The van der Waals surface area contributed by atoms with E-state index in [2.05, 4.69) is 15.0 Å². The largest absolute Gasteiger partial charge is 0.417 e. The molecule has 0 N–H and O–H groups in total. The Hall–Kier alpha value is -1.78. The Morgan fingerprint density at radius 3 is 2.52 bits per heavy atom. The molecule has 1 atom stereocenters. The first-order valence-electron chi connectivity index (χ1n) is 6.56. The van der Waals surface area contributed by atoms with E-state index in [4.69, 9.17) is 4.84 Å². The fourth-order valence-corrected chi connectivity index (χ4v) is 3.72. The molecule has 0 spiro atoms. The molecule has 130 valence electrons. The highest BCUT2D eigenvalue weighted by molar-refractivity contribution is 8.05. The molecule has 0 aromatic carbocycles. The predicted molar refractivity (Wildman–Crippen MR) is 74.7 cm³/mol. The van der Waals surface area contributed by atoms with Gasteiger partial charge in [0.25, 0.3) is 0 Å². The first-order valence-corrected chi connectivity index (χ1v) is 8.21. The lowest BCUT2D eigenvalue weighted by atomic mass is 10.1. The van der Waals surface area contributed by atoms with Gasteiger partial charge >= 0.3 is 6.61 Å². The van der Waals surface area contributed by atoms with Crippen molar-refractivity contribution in [2.45, 2.75) is 44.9 Å². The number of hydrogen-bond donors (Lipinski definition) is 0. The van der Waals surface area contributed by atoms with Gasteiger partial charge in [0.15, 0.2) is 11.8 Å². The van der Waals surface area contributed by atoms with Gasteiger partial charge in [0.2, 0.25) is 20.8 Å². The van der Waals surface area contributed by atoms with Crippen molar-refractivity contribution in [2.75, 3.05) is 0 Å². The first kappa shape index (κ1) is 17.6. The molecule has 2 rings (SSSR count). The molecule has 1 aromatic rings. The van der Waals surface area contributed by atoms with E-state index in [-0.39, 0.29) is 11.3 Å². The van der Waals surface area contributed by atoms with Crippen LogP contribution < -0.4 is 4.74 Å². The second-order valence-corrected chi connectivity index (χ2v) is 7.55. The molecular formula is C12H16F3N3O4S. The number of hydrogen-bond acceptors (Lipinski definition) is 6. The van der Waals surface area contributed by atoms with E-state index in [9.17, 15) is 21.6 Å². The molecule has 0 fully saturated rings. The molecule has 1 aliphatic heterocycles. The SMILES string of the molecule is Cc1nn(C)c(OC(F)F)c1CS(=O)(=O)C1=NOC(C)(C)C1F. The lowest BCUT2D eigenvalue weighted by Crippen LogP contribution is -2.37. The van der Waals surface area contributed by atoms with Gasteiger partial charge in [-0.05, 0) is 20.8 Å². The Balaban J connectivity index is 2.36. The molecule has 0 aliphatic carbocycles. The quantitative estimate of drug-likeness (QED) is 0.821. The first-order chi connectivity index (χ1) is 10.5. The van der Waals surface area contributed by atoms with Crippen molar-refractivity contribution < 1.29 is 31.2 Å². The van der Waals surface area contributed by atoms with Gasteiger partial charge < -0.3 is 9.57 Å². The van der Waals surface area contributed by atoms with E-state index >= 15 is 0 Å². The lowest BCUT2D eigenvalue weighted by Gasteiger charge is -2.17. The van der Waals surface area contributed by atoms with Crippen molar-refractivity contribution in [1.29, 1.82) is 0 Å². The second-order valence-electron chi connectivity index (χ2n) is 5.62. The Labute approximate surface area is 131 Å². The summed E-state index contributed by atoms with van der Waals surface area (Å²) in [5.41, 5.74) is -1.30. The highest BCUT2D eigenvalue weighted by Gasteiger charge is 2.47. The summed E-state index contributed by atoms with van der Waals surface area (Å²) in [4.78, 5) is 4.78. The third kappa shape index (κ3) is 3.28.